The van der Waals surface area contributed by atoms with Gasteiger partial charge in [-0.25, -0.2) is 0 Å². The molecule has 3 aliphatic heterocycles. The first-order valence-electron chi connectivity index (χ1n) is 9.51. The minimum Gasteiger partial charge on any atom is -0.478 e. The highest BCUT2D eigenvalue weighted by Gasteiger charge is 2.39. The molecule has 1 amide bonds. The molecule has 0 aromatic carbocycles. The third-order valence-corrected chi connectivity index (χ3v) is 5.80. The number of hydrogen-bond donors (Lipinski definition) is 1. The maximum atomic E-state index is 13.2. The molecule has 138 valence electrons. The van der Waals surface area contributed by atoms with E-state index >= 15 is 0 Å². The van der Waals surface area contributed by atoms with E-state index in [4.69, 9.17) is 4.74 Å². The molecule has 4 rings (SSSR count). The number of anilines is 1. The fraction of sp³-hybridized carbons (Fsp3) is 0.550. The summed E-state index contributed by atoms with van der Waals surface area (Å²) in [5.74, 6) is 2.46. The average Bonchev–Trinajstić information content (AvgIpc) is 3.22. The Kier molecular flexibility index (Phi) is 4.42. The van der Waals surface area contributed by atoms with E-state index in [1.807, 2.05) is 23.1 Å². The molecule has 1 aromatic rings. The first kappa shape index (κ1) is 17.1. The van der Waals surface area contributed by atoms with E-state index in [0.29, 0.717) is 32.1 Å². The molecule has 6 heteroatoms. The number of amidine groups is 1. The van der Waals surface area contributed by atoms with Crippen molar-refractivity contribution in [2.45, 2.75) is 39.5 Å². The van der Waals surface area contributed by atoms with Crippen LogP contribution >= 0.6 is 0 Å². The van der Waals surface area contributed by atoms with Crippen LogP contribution in [0.1, 0.15) is 39.5 Å². The minimum absolute atomic E-state index is 0.267. The Labute approximate surface area is 154 Å². The average molecular weight is 354 g/mol. The number of fused-ring (bicyclic) bond motifs is 3. The van der Waals surface area contributed by atoms with Crippen molar-refractivity contribution >= 4 is 17.6 Å². The number of aromatic nitrogens is 1. The second-order valence-corrected chi connectivity index (χ2v) is 7.61. The van der Waals surface area contributed by atoms with Crippen LogP contribution in [0.4, 0.5) is 5.82 Å². The fourth-order valence-corrected chi connectivity index (χ4v) is 3.90. The quantitative estimate of drug-likeness (QED) is 0.842. The Hall–Kier alpha value is -2.37. The molecule has 6 nitrogen and oxygen atoms in total. The summed E-state index contributed by atoms with van der Waals surface area (Å²) < 4.78 is 5.79. The number of rotatable bonds is 1. The van der Waals surface area contributed by atoms with E-state index in [1.165, 1.54) is 5.57 Å². The predicted octanol–water partition coefficient (Wildman–Crippen LogP) is 3.02. The number of nitrogens with zero attached hydrogens (tertiary/aromatic N) is 3. The summed E-state index contributed by atoms with van der Waals surface area (Å²) in [7, 11) is 0. The van der Waals surface area contributed by atoms with E-state index in [2.05, 4.69) is 29.1 Å². The van der Waals surface area contributed by atoms with Gasteiger partial charge in [0.15, 0.2) is 0 Å². The van der Waals surface area contributed by atoms with E-state index in [9.17, 15) is 4.79 Å². The molecule has 1 N–H and O–H groups in total. The van der Waals surface area contributed by atoms with E-state index in [0.717, 1.165) is 42.9 Å². The summed E-state index contributed by atoms with van der Waals surface area (Å²) in [5.41, 5.74) is 2.10. The lowest BCUT2D eigenvalue weighted by molar-refractivity contribution is -0.140. The molecular formula is C20H26N4O2. The van der Waals surface area contributed by atoms with E-state index in [-0.39, 0.29) is 11.3 Å². The van der Waals surface area contributed by atoms with Crippen molar-refractivity contribution in [2.75, 3.05) is 31.6 Å². The summed E-state index contributed by atoms with van der Waals surface area (Å²) in [5, 5.41) is 3.32. The van der Waals surface area contributed by atoms with Gasteiger partial charge in [0.25, 0.3) is 0 Å². The number of ether oxygens (including phenoxy) is 1. The molecule has 0 spiro atoms. The predicted molar refractivity (Wildman–Crippen MR) is 102 cm³/mol. The van der Waals surface area contributed by atoms with Crippen LogP contribution in [0.2, 0.25) is 0 Å². The second kappa shape index (κ2) is 6.74. The van der Waals surface area contributed by atoms with Crippen molar-refractivity contribution < 1.29 is 9.53 Å². The summed E-state index contributed by atoms with van der Waals surface area (Å²) in [6, 6.07) is 5.73. The SMILES string of the molecule is CCC1(C)CCCCOc2cccc(n2)NC2=NCC3=C2CN(C3)C1=O. The highest BCUT2D eigenvalue weighted by molar-refractivity contribution is 6.11. The van der Waals surface area contributed by atoms with E-state index in [1.54, 1.807) is 0 Å². The molecule has 0 fully saturated rings. The maximum absolute atomic E-state index is 13.2. The third-order valence-electron chi connectivity index (χ3n) is 5.80. The largest absolute Gasteiger partial charge is 0.478 e. The van der Waals surface area contributed by atoms with Crippen molar-refractivity contribution in [1.29, 1.82) is 0 Å². The Bertz CT molecular complexity index is 786. The molecule has 1 atom stereocenters. The summed E-state index contributed by atoms with van der Waals surface area (Å²) in [6.07, 6.45) is 3.64. The number of nitrogens with one attached hydrogen (secondary N) is 1. The Morgan fingerprint density at radius 1 is 1.31 bits per heavy atom. The lowest BCUT2D eigenvalue weighted by Gasteiger charge is -2.32. The zero-order valence-corrected chi connectivity index (χ0v) is 15.5. The molecule has 1 unspecified atom stereocenters. The smallest absolute Gasteiger partial charge is 0.229 e. The van der Waals surface area contributed by atoms with Crippen LogP contribution in [-0.4, -0.2) is 47.9 Å². The van der Waals surface area contributed by atoms with Crippen LogP contribution in [0.5, 0.6) is 5.88 Å². The van der Waals surface area contributed by atoms with Crippen molar-refractivity contribution in [2.24, 2.45) is 10.4 Å². The van der Waals surface area contributed by atoms with Gasteiger partial charge >= 0.3 is 0 Å². The molecule has 3 aliphatic rings. The van der Waals surface area contributed by atoms with Crippen LogP contribution in [0.15, 0.2) is 34.3 Å². The number of carbonyl (C=O) groups is 1. The van der Waals surface area contributed by atoms with Crippen molar-refractivity contribution in [1.82, 2.24) is 9.88 Å². The molecule has 0 saturated carbocycles. The van der Waals surface area contributed by atoms with Crippen molar-refractivity contribution in [3.05, 3.63) is 29.3 Å². The van der Waals surface area contributed by atoms with Gasteiger partial charge in [-0.2, -0.15) is 4.98 Å². The molecule has 0 aliphatic carbocycles. The Morgan fingerprint density at radius 2 is 2.19 bits per heavy atom. The van der Waals surface area contributed by atoms with E-state index < -0.39 is 0 Å². The van der Waals surface area contributed by atoms with Crippen molar-refractivity contribution in [3.8, 4) is 5.88 Å². The number of amides is 1. The van der Waals surface area contributed by atoms with Gasteiger partial charge in [-0.1, -0.05) is 19.9 Å². The van der Waals surface area contributed by atoms with Gasteiger partial charge < -0.3 is 15.0 Å². The topological polar surface area (TPSA) is 66.8 Å². The molecule has 4 bridgehead atoms. The van der Waals surface area contributed by atoms with Crippen LogP contribution in [-0.2, 0) is 4.79 Å². The number of hydrogen-bond acceptors (Lipinski definition) is 5. The zero-order chi connectivity index (χ0) is 18.1. The number of aliphatic imine (C=N–C) groups is 1. The van der Waals surface area contributed by atoms with Crippen LogP contribution in [0, 0.1) is 5.41 Å². The molecular weight excluding hydrogens is 328 g/mol. The lowest BCUT2D eigenvalue weighted by Crippen LogP contribution is -2.42. The Balaban J connectivity index is 1.62. The molecule has 26 heavy (non-hydrogen) atoms. The lowest BCUT2D eigenvalue weighted by atomic mass is 9.81. The van der Waals surface area contributed by atoms with Crippen LogP contribution in [0.25, 0.3) is 0 Å². The normalized spacial score (nSPS) is 26.0. The number of carbonyl (C=O) groups excluding carboxylic acids is 1. The monoisotopic (exact) mass is 354 g/mol. The van der Waals surface area contributed by atoms with Gasteiger partial charge in [-0.15, -0.1) is 0 Å². The summed E-state index contributed by atoms with van der Waals surface area (Å²) >= 11 is 0. The summed E-state index contributed by atoms with van der Waals surface area (Å²) in [6.45, 7) is 6.85. The number of pyridine rings is 1. The molecule has 4 heterocycles. The van der Waals surface area contributed by atoms with Crippen LogP contribution in [0.3, 0.4) is 0 Å². The first-order chi connectivity index (χ1) is 12.6. The van der Waals surface area contributed by atoms with Crippen molar-refractivity contribution in [3.63, 3.8) is 0 Å². The third kappa shape index (κ3) is 3.08. The molecule has 0 radical (unpaired) electrons. The van der Waals surface area contributed by atoms with Gasteiger partial charge in [-0.05, 0) is 37.3 Å². The standard InChI is InChI=1S/C20H26N4O2/c1-3-20(2)9-4-5-10-26-17-8-6-7-16(22-17)23-18-15-13-24(19(20)25)12-14(15)11-21-18/h6-8H,3-5,9-13H2,1-2H3,(H,21,22,23). The minimum atomic E-state index is -0.305. The maximum Gasteiger partial charge on any atom is 0.229 e. The molecule has 0 saturated heterocycles. The van der Waals surface area contributed by atoms with Gasteiger partial charge in [0.2, 0.25) is 11.8 Å². The summed E-state index contributed by atoms with van der Waals surface area (Å²) in [4.78, 5) is 24.4. The first-order valence-corrected chi connectivity index (χ1v) is 9.51. The van der Waals surface area contributed by atoms with Gasteiger partial charge in [0.1, 0.15) is 11.7 Å². The van der Waals surface area contributed by atoms with Gasteiger partial charge in [0.05, 0.1) is 13.2 Å². The van der Waals surface area contributed by atoms with Crippen LogP contribution < -0.4 is 10.1 Å². The fourth-order valence-electron chi connectivity index (χ4n) is 3.90. The highest BCUT2D eigenvalue weighted by atomic mass is 16.5. The molecule has 1 aromatic heterocycles. The second-order valence-electron chi connectivity index (χ2n) is 7.61. The highest BCUT2D eigenvalue weighted by Crippen LogP contribution is 2.34. The van der Waals surface area contributed by atoms with Gasteiger partial charge in [0, 0.05) is 30.1 Å². The van der Waals surface area contributed by atoms with Gasteiger partial charge in [-0.3, -0.25) is 9.79 Å². The zero-order valence-electron chi connectivity index (χ0n) is 15.5. The Morgan fingerprint density at radius 3 is 3.04 bits per heavy atom.